The second-order valence-corrected chi connectivity index (χ2v) is 11.0. The summed E-state index contributed by atoms with van der Waals surface area (Å²) < 4.78 is 16.3. The molecule has 1 N–H and O–H groups in total. The summed E-state index contributed by atoms with van der Waals surface area (Å²) in [7, 11) is 2.90. The van der Waals surface area contributed by atoms with Crippen molar-refractivity contribution in [1.29, 1.82) is 0 Å². The van der Waals surface area contributed by atoms with Crippen LogP contribution in [0.1, 0.15) is 56.0 Å². The van der Waals surface area contributed by atoms with Crippen LogP contribution in [0.3, 0.4) is 0 Å². The first kappa shape index (κ1) is 29.0. The number of hydrogen-bond donors (Lipinski definition) is 1. The molecule has 1 saturated heterocycles. The predicted molar refractivity (Wildman–Crippen MR) is 155 cm³/mol. The summed E-state index contributed by atoms with van der Waals surface area (Å²) in [6.07, 6.45) is 0. The Morgan fingerprint density at radius 3 is 2.12 bits per heavy atom. The minimum atomic E-state index is -0.842. The molecule has 1 aliphatic heterocycles. The second-order valence-electron chi connectivity index (χ2n) is 10.6. The Labute approximate surface area is 239 Å². The Bertz CT molecular complexity index is 1440. The number of likely N-dealkylation sites (tertiary alicyclic amines) is 1. The van der Waals surface area contributed by atoms with Gasteiger partial charge in [0.05, 0.1) is 43.0 Å². The Hall–Kier alpha value is -3.97. The van der Waals surface area contributed by atoms with Gasteiger partial charge in [0.25, 0.3) is 11.7 Å². The van der Waals surface area contributed by atoms with E-state index >= 15 is 0 Å². The summed E-state index contributed by atoms with van der Waals surface area (Å²) in [6.45, 7) is 8.93. The van der Waals surface area contributed by atoms with Gasteiger partial charge in [-0.3, -0.25) is 9.59 Å². The fourth-order valence-electron chi connectivity index (χ4n) is 4.80. The lowest BCUT2D eigenvalue weighted by Crippen LogP contribution is -2.29. The number of amides is 1. The van der Waals surface area contributed by atoms with Crippen molar-refractivity contribution in [3.05, 3.63) is 93.5 Å². The quantitative estimate of drug-likeness (QED) is 0.187. The van der Waals surface area contributed by atoms with E-state index in [0.29, 0.717) is 23.7 Å². The first-order chi connectivity index (χ1) is 19.0. The zero-order valence-electron chi connectivity index (χ0n) is 23.6. The summed E-state index contributed by atoms with van der Waals surface area (Å²) in [4.78, 5) is 28.5. The van der Waals surface area contributed by atoms with Gasteiger partial charge in [-0.05, 0) is 47.2 Å². The number of hydrogen-bond acceptors (Lipinski definition) is 6. The molecule has 0 saturated carbocycles. The fraction of sp³-hybridized carbons (Fsp3) is 0.312. The van der Waals surface area contributed by atoms with E-state index in [2.05, 4.69) is 20.8 Å². The number of Topliss-reactive ketones (excluding diaryl/α,β-unsaturated/α-hetero) is 1. The molecule has 0 radical (unpaired) electrons. The molecule has 3 aromatic rings. The smallest absolute Gasteiger partial charge is 0.295 e. The van der Waals surface area contributed by atoms with E-state index in [1.165, 1.54) is 31.3 Å². The number of benzene rings is 3. The van der Waals surface area contributed by atoms with E-state index in [-0.39, 0.29) is 39.6 Å². The van der Waals surface area contributed by atoms with Crippen LogP contribution in [0.2, 0.25) is 5.02 Å². The Balaban J connectivity index is 1.87. The number of aliphatic hydroxyl groups excluding tert-OH is 1. The number of aliphatic hydroxyl groups is 1. The number of carbonyl (C=O) groups excluding carboxylic acids is 2. The number of halogens is 1. The molecule has 8 heteroatoms. The number of methoxy groups -OCH3 is 2. The minimum absolute atomic E-state index is 0.0426. The van der Waals surface area contributed by atoms with Crippen LogP contribution in [-0.2, 0) is 21.5 Å². The second kappa shape index (κ2) is 11.6. The van der Waals surface area contributed by atoms with Gasteiger partial charge in [0, 0.05) is 12.6 Å². The van der Waals surface area contributed by atoms with E-state index in [0.717, 1.165) is 11.1 Å². The van der Waals surface area contributed by atoms with E-state index in [1.807, 2.05) is 55.5 Å². The topological polar surface area (TPSA) is 85.3 Å². The molecule has 0 aromatic heterocycles. The minimum Gasteiger partial charge on any atom is -0.507 e. The van der Waals surface area contributed by atoms with E-state index in [9.17, 15) is 14.7 Å². The maximum Gasteiger partial charge on any atom is 0.295 e. The lowest BCUT2D eigenvalue weighted by atomic mass is 9.85. The van der Waals surface area contributed by atoms with Crippen LogP contribution >= 0.6 is 11.6 Å². The van der Waals surface area contributed by atoms with Gasteiger partial charge in [0.2, 0.25) is 0 Å². The normalized spacial score (nSPS) is 16.8. The number of rotatable bonds is 8. The molecule has 40 heavy (non-hydrogen) atoms. The van der Waals surface area contributed by atoms with E-state index in [4.69, 9.17) is 25.8 Å². The maximum absolute atomic E-state index is 13.6. The predicted octanol–water partition coefficient (Wildman–Crippen LogP) is 6.68. The van der Waals surface area contributed by atoms with Crippen LogP contribution in [0.5, 0.6) is 17.2 Å². The molecule has 210 valence electrons. The SMILES string of the molecule is CCOc1ccc(CN2C(=O)C(=O)/C(=C(/O)c3cc(Cl)c(OC)cc3OC)C2c2ccc(C(C)(C)C)cc2)cc1. The highest BCUT2D eigenvalue weighted by Gasteiger charge is 2.46. The molecule has 1 fully saturated rings. The van der Waals surface area contributed by atoms with Crippen LogP contribution in [0.25, 0.3) is 5.76 Å². The van der Waals surface area contributed by atoms with Crippen molar-refractivity contribution in [3.63, 3.8) is 0 Å². The molecular weight excluding hydrogens is 530 g/mol. The van der Waals surface area contributed by atoms with Crippen molar-refractivity contribution in [2.24, 2.45) is 0 Å². The van der Waals surface area contributed by atoms with Gasteiger partial charge in [0.1, 0.15) is 23.0 Å². The lowest BCUT2D eigenvalue weighted by molar-refractivity contribution is -0.140. The van der Waals surface area contributed by atoms with E-state index in [1.54, 1.807) is 0 Å². The van der Waals surface area contributed by atoms with Gasteiger partial charge in [-0.1, -0.05) is 68.8 Å². The summed E-state index contributed by atoms with van der Waals surface area (Å²) in [5.74, 6) is -0.565. The van der Waals surface area contributed by atoms with Crippen molar-refractivity contribution in [1.82, 2.24) is 4.90 Å². The maximum atomic E-state index is 13.6. The molecule has 1 aliphatic rings. The number of carbonyl (C=O) groups is 2. The highest BCUT2D eigenvalue weighted by atomic mass is 35.5. The van der Waals surface area contributed by atoms with Crippen LogP contribution in [-0.4, -0.2) is 42.5 Å². The molecular formula is C32H34ClNO6. The molecule has 1 amide bonds. The zero-order chi connectivity index (χ0) is 29.2. The third-order valence-corrected chi connectivity index (χ3v) is 7.24. The van der Waals surface area contributed by atoms with Gasteiger partial charge in [-0.15, -0.1) is 0 Å². The number of ether oxygens (including phenoxy) is 3. The van der Waals surface area contributed by atoms with Crippen molar-refractivity contribution in [2.45, 2.75) is 45.7 Å². The van der Waals surface area contributed by atoms with Crippen molar-refractivity contribution >= 4 is 29.1 Å². The van der Waals surface area contributed by atoms with Crippen LogP contribution in [0, 0.1) is 0 Å². The third kappa shape index (κ3) is 5.65. The number of nitrogens with zero attached hydrogens (tertiary/aromatic N) is 1. The summed E-state index contributed by atoms with van der Waals surface area (Å²) in [5.41, 5.74) is 2.66. The van der Waals surface area contributed by atoms with Gasteiger partial charge < -0.3 is 24.2 Å². The fourth-order valence-corrected chi connectivity index (χ4v) is 5.04. The summed E-state index contributed by atoms with van der Waals surface area (Å²) in [6, 6.07) is 17.3. The molecule has 0 spiro atoms. The average molecular weight is 564 g/mol. The molecule has 4 rings (SSSR count). The average Bonchev–Trinajstić information content (AvgIpc) is 3.18. The Morgan fingerprint density at radius 2 is 1.57 bits per heavy atom. The molecule has 1 atom stereocenters. The van der Waals surface area contributed by atoms with Gasteiger partial charge in [-0.25, -0.2) is 0 Å². The first-order valence-electron chi connectivity index (χ1n) is 13.0. The molecule has 7 nitrogen and oxygen atoms in total. The third-order valence-electron chi connectivity index (χ3n) is 6.95. The van der Waals surface area contributed by atoms with Crippen molar-refractivity contribution in [2.75, 3.05) is 20.8 Å². The monoisotopic (exact) mass is 563 g/mol. The van der Waals surface area contributed by atoms with Crippen LogP contribution in [0.4, 0.5) is 0 Å². The highest BCUT2D eigenvalue weighted by Crippen LogP contribution is 2.44. The van der Waals surface area contributed by atoms with Gasteiger partial charge in [-0.2, -0.15) is 0 Å². The summed E-state index contributed by atoms with van der Waals surface area (Å²) in [5, 5.41) is 11.8. The summed E-state index contributed by atoms with van der Waals surface area (Å²) >= 11 is 6.37. The standard InChI is InChI=1S/C32H34ClNO6/c1-7-40-22-14-8-19(9-15-22)18-34-28(20-10-12-21(13-11-20)32(2,3)4)27(30(36)31(34)37)29(35)23-16-24(33)26(39-6)17-25(23)38-5/h8-17,28,35H,7,18H2,1-6H3/b29-27+. The van der Waals surface area contributed by atoms with Crippen molar-refractivity contribution in [3.8, 4) is 17.2 Å². The molecule has 0 bridgehead atoms. The lowest BCUT2D eigenvalue weighted by Gasteiger charge is -2.27. The van der Waals surface area contributed by atoms with Crippen LogP contribution < -0.4 is 14.2 Å². The van der Waals surface area contributed by atoms with Gasteiger partial charge in [0.15, 0.2) is 0 Å². The molecule has 0 aliphatic carbocycles. The van der Waals surface area contributed by atoms with Gasteiger partial charge >= 0.3 is 0 Å². The Kier molecular flexibility index (Phi) is 8.45. The zero-order valence-corrected chi connectivity index (χ0v) is 24.3. The van der Waals surface area contributed by atoms with Crippen LogP contribution in [0.15, 0.2) is 66.2 Å². The first-order valence-corrected chi connectivity index (χ1v) is 13.4. The molecule has 1 unspecified atom stereocenters. The number of ketones is 1. The highest BCUT2D eigenvalue weighted by molar-refractivity contribution is 6.46. The van der Waals surface area contributed by atoms with Crippen molar-refractivity contribution < 1.29 is 28.9 Å². The molecule has 1 heterocycles. The Morgan fingerprint density at radius 1 is 0.950 bits per heavy atom. The molecule has 3 aromatic carbocycles. The largest absolute Gasteiger partial charge is 0.507 e. The van der Waals surface area contributed by atoms with E-state index < -0.39 is 17.7 Å².